The Kier molecular flexibility index (Phi) is 3.89. The van der Waals surface area contributed by atoms with E-state index in [1.54, 1.807) is 11.6 Å². The Bertz CT molecular complexity index is 779. The zero-order valence-electron chi connectivity index (χ0n) is 11.2. The monoisotopic (exact) mass is 298 g/mol. The Balaban J connectivity index is 1.85. The molecule has 0 aliphatic carbocycles. The summed E-state index contributed by atoms with van der Waals surface area (Å²) in [6, 6.07) is 9.51. The van der Waals surface area contributed by atoms with E-state index in [1.165, 1.54) is 11.3 Å². The summed E-state index contributed by atoms with van der Waals surface area (Å²) in [5.74, 6) is -0.229. The van der Waals surface area contributed by atoms with Crippen molar-refractivity contribution in [3.8, 4) is 0 Å². The lowest BCUT2D eigenvalue weighted by atomic mass is 10.2. The largest absolute Gasteiger partial charge is 0.330 e. The molecule has 0 spiro atoms. The first kappa shape index (κ1) is 13.7. The average molecular weight is 298 g/mol. The predicted octanol–water partition coefficient (Wildman–Crippen LogP) is 2.44. The smallest absolute Gasteiger partial charge is 0.275 e. The Morgan fingerprint density at radius 1 is 1.29 bits per heavy atom. The first-order valence-electron chi connectivity index (χ1n) is 6.57. The molecule has 6 heteroatoms. The van der Waals surface area contributed by atoms with Gasteiger partial charge in [0.1, 0.15) is 5.69 Å². The summed E-state index contributed by atoms with van der Waals surface area (Å²) < 4.78 is 0. The minimum atomic E-state index is -0.229. The molecule has 1 aromatic carbocycles. The Labute approximate surface area is 125 Å². The highest BCUT2D eigenvalue weighted by atomic mass is 32.1. The van der Waals surface area contributed by atoms with Crippen molar-refractivity contribution in [1.82, 2.24) is 9.97 Å². The SMILES string of the molecule is NCCc1nc(C(=O)Nc2cccc3cccnc23)cs1. The number of nitrogens with one attached hydrogen (secondary N) is 1. The van der Waals surface area contributed by atoms with Crippen molar-refractivity contribution < 1.29 is 4.79 Å². The van der Waals surface area contributed by atoms with E-state index >= 15 is 0 Å². The third-order valence-electron chi connectivity index (χ3n) is 3.02. The maximum atomic E-state index is 12.2. The number of anilines is 1. The maximum Gasteiger partial charge on any atom is 0.275 e. The van der Waals surface area contributed by atoms with Crippen LogP contribution in [0.4, 0.5) is 5.69 Å². The lowest BCUT2D eigenvalue weighted by Crippen LogP contribution is -2.13. The molecule has 3 rings (SSSR count). The third kappa shape index (κ3) is 2.91. The molecule has 0 atom stereocenters. The van der Waals surface area contributed by atoms with Gasteiger partial charge in [-0.1, -0.05) is 18.2 Å². The van der Waals surface area contributed by atoms with Crippen molar-refractivity contribution in [2.75, 3.05) is 11.9 Å². The van der Waals surface area contributed by atoms with E-state index in [2.05, 4.69) is 15.3 Å². The van der Waals surface area contributed by atoms with Gasteiger partial charge < -0.3 is 11.1 Å². The molecule has 2 aromatic heterocycles. The van der Waals surface area contributed by atoms with Crippen molar-refractivity contribution >= 4 is 33.8 Å². The topological polar surface area (TPSA) is 80.9 Å². The molecule has 21 heavy (non-hydrogen) atoms. The standard InChI is InChI=1S/C15H14N4OS/c16-7-6-13-18-12(9-21-13)15(20)19-11-5-1-3-10-4-2-8-17-14(10)11/h1-5,8-9H,6-7,16H2,(H,19,20). The van der Waals surface area contributed by atoms with E-state index < -0.39 is 0 Å². The van der Waals surface area contributed by atoms with Gasteiger partial charge in [0.25, 0.3) is 5.91 Å². The summed E-state index contributed by atoms with van der Waals surface area (Å²) in [6.45, 7) is 0.530. The molecule has 0 unspecified atom stereocenters. The fourth-order valence-corrected chi connectivity index (χ4v) is 2.84. The summed E-state index contributed by atoms with van der Waals surface area (Å²) >= 11 is 1.45. The van der Waals surface area contributed by atoms with Gasteiger partial charge in [-0.15, -0.1) is 11.3 Å². The van der Waals surface area contributed by atoms with Crippen LogP contribution in [-0.4, -0.2) is 22.4 Å². The number of aromatic nitrogens is 2. The van der Waals surface area contributed by atoms with Gasteiger partial charge in [-0.25, -0.2) is 4.98 Å². The van der Waals surface area contributed by atoms with Gasteiger partial charge in [0.2, 0.25) is 0 Å². The normalized spacial score (nSPS) is 10.7. The number of rotatable bonds is 4. The first-order valence-corrected chi connectivity index (χ1v) is 7.45. The number of pyridine rings is 1. The molecule has 1 amide bonds. The Morgan fingerprint density at radius 3 is 3.00 bits per heavy atom. The Hall–Kier alpha value is -2.31. The summed E-state index contributed by atoms with van der Waals surface area (Å²) in [5, 5.41) is 6.47. The number of benzene rings is 1. The molecule has 3 N–H and O–H groups in total. The number of amides is 1. The Morgan fingerprint density at radius 2 is 2.14 bits per heavy atom. The second-order valence-corrected chi connectivity index (χ2v) is 5.44. The summed E-state index contributed by atoms with van der Waals surface area (Å²) in [4.78, 5) is 20.8. The summed E-state index contributed by atoms with van der Waals surface area (Å²) in [7, 11) is 0. The maximum absolute atomic E-state index is 12.2. The molecule has 0 saturated carbocycles. The number of hydrogen-bond donors (Lipinski definition) is 2. The van der Waals surface area contributed by atoms with Crippen LogP contribution in [0.1, 0.15) is 15.5 Å². The molecule has 3 aromatic rings. The van der Waals surface area contributed by atoms with Gasteiger partial charge in [-0.3, -0.25) is 9.78 Å². The highest BCUT2D eigenvalue weighted by Gasteiger charge is 2.12. The van der Waals surface area contributed by atoms with Gasteiger partial charge in [-0.05, 0) is 18.7 Å². The van der Waals surface area contributed by atoms with Crippen molar-refractivity contribution in [3.63, 3.8) is 0 Å². The lowest BCUT2D eigenvalue weighted by Gasteiger charge is -2.06. The van der Waals surface area contributed by atoms with E-state index in [1.807, 2.05) is 30.3 Å². The number of thiazole rings is 1. The zero-order valence-corrected chi connectivity index (χ0v) is 12.1. The number of nitrogens with two attached hydrogens (primary N) is 1. The van der Waals surface area contributed by atoms with Crippen LogP contribution in [-0.2, 0) is 6.42 Å². The second-order valence-electron chi connectivity index (χ2n) is 4.50. The summed E-state index contributed by atoms with van der Waals surface area (Å²) in [6.07, 6.45) is 2.40. The van der Waals surface area contributed by atoms with Gasteiger partial charge in [0, 0.05) is 23.4 Å². The van der Waals surface area contributed by atoms with Crippen LogP contribution in [0.15, 0.2) is 41.9 Å². The minimum absolute atomic E-state index is 0.229. The third-order valence-corrected chi connectivity index (χ3v) is 3.93. The van der Waals surface area contributed by atoms with Crippen molar-refractivity contribution in [1.29, 1.82) is 0 Å². The lowest BCUT2D eigenvalue weighted by molar-refractivity contribution is 0.102. The van der Waals surface area contributed by atoms with E-state index in [4.69, 9.17) is 5.73 Å². The number of para-hydroxylation sites is 1. The highest BCUT2D eigenvalue weighted by Crippen LogP contribution is 2.21. The number of fused-ring (bicyclic) bond motifs is 1. The molecule has 0 aliphatic heterocycles. The number of carbonyl (C=O) groups excluding carboxylic acids is 1. The zero-order chi connectivity index (χ0) is 14.7. The van der Waals surface area contributed by atoms with Crippen LogP contribution >= 0.6 is 11.3 Å². The first-order chi connectivity index (χ1) is 10.3. The fraction of sp³-hybridized carbons (Fsp3) is 0.133. The molecule has 106 valence electrons. The quantitative estimate of drug-likeness (QED) is 0.775. The van der Waals surface area contributed by atoms with Crippen LogP contribution in [0.2, 0.25) is 0 Å². The van der Waals surface area contributed by atoms with E-state index in [0.29, 0.717) is 24.3 Å². The van der Waals surface area contributed by atoms with Crippen LogP contribution in [0, 0.1) is 0 Å². The van der Waals surface area contributed by atoms with Crippen molar-refractivity contribution in [2.24, 2.45) is 5.73 Å². The second kappa shape index (κ2) is 5.99. The molecule has 5 nitrogen and oxygen atoms in total. The highest BCUT2D eigenvalue weighted by molar-refractivity contribution is 7.09. The molecule has 0 bridgehead atoms. The van der Waals surface area contributed by atoms with E-state index in [-0.39, 0.29) is 5.91 Å². The van der Waals surface area contributed by atoms with Crippen molar-refractivity contribution in [3.05, 3.63) is 52.6 Å². The molecule has 0 aliphatic rings. The minimum Gasteiger partial charge on any atom is -0.330 e. The van der Waals surface area contributed by atoms with E-state index in [9.17, 15) is 4.79 Å². The fourth-order valence-electron chi connectivity index (χ4n) is 2.04. The van der Waals surface area contributed by atoms with Gasteiger partial charge in [-0.2, -0.15) is 0 Å². The molecule has 0 radical (unpaired) electrons. The average Bonchev–Trinajstić information content (AvgIpc) is 2.97. The van der Waals surface area contributed by atoms with Gasteiger partial charge in [0.05, 0.1) is 16.2 Å². The molecule has 0 fully saturated rings. The number of hydrogen-bond acceptors (Lipinski definition) is 5. The van der Waals surface area contributed by atoms with Crippen LogP contribution < -0.4 is 11.1 Å². The summed E-state index contributed by atoms with van der Waals surface area (Å²) in [5.41, 5.74) is 7.36. The predicted molar refractivity (Wildman–Crippen MR) is 84.6 cm³/mol. The number of carbonyl (C=O) groups is 1. The van der Waals surface area contributed by atoms with E-state index in [0.717, 1.165) is 15.9 Å². The van der Waals surface area contributed by atoms with Gasteiger partial charge in [0.15, 0.2) is 0 Å². The van der Waals surface area contributed by atoms with Crippen LogP contribution in [0.25, 0.3) is 10.9 Å². The molecular formula is C15H14N4OS. The molecule has 2 heterocycles. The van der Waals surface area contributed by atoms with Gasteiger partial charge >= 0.3 is 0 Å². The molecular weight excluding hydrogens is 284 g/mol. The molecule has 0 saturated heterocycles. The van der Waals surface area contributed by atoms with Crippen LogP contribution in [0.3, 0.4) is 0 Å². The number of nitrogens with zero attached hydrogens (tertiary/aromatic N) is 2. The van der Waals surface area contributed by atoms with Crippen LogP contribution in [0.5, 0.6) is 0 Å². The van der Waals surface area contributed by atoms with Crippen molar-refractivity contribution in [2.45, 2.75) is 6.42 Å².